The summed E-state index contributed by atoms with van der Waals surface area (Å²) in [5, 5.41) is 20.6. The molecule has 0 aliphatic heterocycles. The van der Waals surface area contributed by atoms with Gasteiger partial charge in [-0.3, -0.25) is 0 Å². The van der Waals surface area contributed by atoms with E-state index in [4.69, 9.17) is 0 Å². The molecule has 2 saturated carbocycles. The van der Waals surface area contributed by atoms with Crippen LogP contribution in [0, 0.1) is 28.6 Å². The smallest absolute Gasteiger partial charge is 0.0863 e. The van der Waals surface area contributed by atoms with E-state index in [0.717, 1.165) is 44.9 Å². The maximum Gasteiger partial charge on any atom is 0.0863 e. The molecule has 2 aliphatic rings. The molecular formula is C15H25NO. The summed E-state index contributed by atoms with van der Waals surface area (Å²) in [6.07, 6.45) is 8.06. The van der Waals surface area contributed by atoms with Crippen LogP contribution in [0.15, 0.2) is 0 Å². The van der Waals surface area contributed by atoms with E-state index in [1.54, 1.807) is 0 Å². The summed E-state index contributed by atoms with van der Waals surface area (Å²) >= 11 is 0. The highest BCUT2D eigenvalue weighted by molar-refractivity contribution is 5.15. The lowest BCUT2D eigenvalue weighted by molar-refractivity contribution is -0.0935. The maximum absolute atomic E-state index is 11.0. The number of nitriles is 1. The molecule has 0 saturated heterocycles. The number of hydrogen-bond acceptors (Lipinski definition) is 2. The molecule has 2 fully saturated rings. The molecule has 0 radical (unpaired) electrons. The van der Waals surface area contributed by atoms with Crippen LogP contribution in [0.4, 0.5) is 0 Å². The van der Waals surface area contributed by atoms with Crippen LogP contribution in [0.3, 0.4) is 0 Å². The normalized spacial score (nSPS) is 46.7. The zero-order valence-electron chi connectivity index (χ0n) is 11.2. The monoisotopic (exact) mass is 235 g/mol. The van der Waals surface area contributed by atoms with Crippen molar-refractivity contribution < 1.29 is 5.11 Å². The van der Waals surface area contributed by atoms with Gasteiger partial charge in [-0.05, 0) is 43.9 Å². The molecule has 2 nitrogen and oxygen atoms in total. The van der Waals surface area contributed by atoms with Gasteiger partial charge in [0.25, 0.3) is 0 Å². The topological polar surface area (TPSA) is 44.0 Å². The second kappa shape index (κ2) is 4.61. The van der Waals surface area contributed by atoms with Crippen molar-refractivity contribution in [1.29, 1.82) is 5.26 Å². The van der Waals surface area contributed by atoms with Gasteiger partial charge < -0.3 is 5.11 Å². The van der Waals surface area contributed by atoms with Gasteiger partial charge >= 0.3 is 0 Å². The predicted molar refractivity (Wildman–Crippen MR) is 68.3 cm³/mol. The summed E-state index contributed by atoms with van der Waals surface area (Å²) in [6, 6.07) is 2.52. The van der Waals surface area contributed by atoms with E-state index in [9.17, 15) is 10.4 Å². The number of nitrogens with zero attached hydrogens (tertiary/aromatic N) is 1. The first-order valence-corrected chi connectivity index (χ1v) is 7.19. The third kappa shape index (κ3) is 2.10. The van der Waals surface area contributed by atoms with Crippen molar-refractivity contribution in [3.05, 3.63) is 0 Å². The molecular weight excluding hydrogens is 210 g/mol. The van der Waals surface area contributed by atoms with Crippen molar-refractivity contribution >= 4 is 0 Å². The molecule has 1 N–H and O–H groups in total. The van der Waals surface area contributed by atoms with Gasteiger partial charge in [0.15, 0.2) is 0 Å². The fourth-order valence-corrected chi connectivity index (χ4v) is 4.08. The van der Waals surface area contributed by atoms with Gasteiger partial charge in [-0.15, -0.1) is 0 Å². The Hall–Kier alpha value is -0.550. The molecule has 0 bridgehead atoms. The van der Waals surface area contributed by atoms with Crippen molar-refractivity contribution in [3.8, 4) is 6.07 Å². The van der Waals surface area contributed by atoms with Crippen LogP contribution in [-0.4, -0.2) is 10.7 Å². The number of aliphatic hydroxyl groups is 1. The van der Waals surface area contributed by atoms with E-state index in [2.05, 4.69) is 19.9 Å². The quantitative estimate of drug-likeness (QED) is 0.794. The molecule has 0 aromatic carbocycles. The van der Waals surface area contributed by atoms with Gasteiger partial charge in [0.1, 0.15) is 0 Å². The Labute approximate surface area is 105 Å². The van der Waals surface area contributed by atoms with Gasteiger partial charge in [-0.1, -0.05) is 33.1 Å². The summed E-state index contributed by atoms with van der Waals surface area (Å²) in [6.45, 7) is 4.41. The van der Waals surface area contributed by atoms with E-state index in [1.807, 2.05) is 0 Å². The lowest BCUT2D eigenvalue weighted by Crippen LogP contribution is -2.49. The van der Waals surface area contributed by atoms with Crippen LogP contribution in [0.5, 0.6) is 0 Å². The predicted octanol–water partition coefficient (Wildman–Crippen LogP) is 3.65. The highest BCUT2D eigenvalue weighted by atomic mass is 16.3. The molecule has 2 heteroatoms. The lowest BCUT2D eigenvalue weighted by atomic mass is 9.62. The number of rotatable bonds is 2. The van der Waals surface area contributed by atoms with Crippen LogP contribution in [0.1, 0.15) is 65.2 Å². The van der Waals surface area contributed by atoms with Gasteiger partial charge in [0.05, 0.1) is 17.1 Å². The highest BCUT2D eigenvalue weighted by Gasteiger charge is 2.55. The second-order valence-electron chi connectivity index (χ2n) is 6.44. The molecule has 4 unspecified atom stereocenters. The Morgan fingerprint density at radius 3 is 2.59 bits per heavy atom. The van der Waals surface area contributed by atoms with E-state index in [0.29, 0.717) is 11.8 Å². The maximum atomic E-state index is 11.0. The van der Waals surface area contributed by atoms with Crippen LogP contribution in [0.25, 0.3) is 0 Å². The van der Waals surface area contributed by atoms with Crippen LogP contribution in [-0.2, 0) is 0 Å². The fraction of sp³-hybridized carbons (Fsp3) is 0.933. The Kier molecular flexibility index (Phi) is 3.50. The minimum absolute atomic E-state index is 0.442. The van der Waals surface area contributed by atoms with Crippen molar-refractivity contribution in [1.82, 2.24) is 0 Å². The van der Waals surface area contributed by atoms with Crippen LogP contribution in [0.2, 0.25) is 0 Å². The Morgan fingerprint density at radius 1 is 1.29 bits per heavy atom. The zero-order chi connectivity index (χ0) is 12.5. The van der Waals surface area contributed by atoms with E-state index in [1.165, 1.54) is 6.42 Å². The second-order valence-corrected chi connectivity index (χ2v) is 6.44. The molecule has 0 aromatic heterocycles. The first-order valence-electron chi connectivity index (χ1n) is 7.19. The number of hydrogen-bond donors (Lipinski definition) is 1. The Balaban J connectivity index is 2.20. The highest BCUT2D eigenvalue weighted by Crippen LogP contribution is 2.55. The summed E-state index contributed by atoms with van der Waals surface area (Å²) in [7, 11) is 0. The van der Waals surface area contributed by atoms with Gasteiger partial charge in [0, 0.05) is 0 Å². The molecule has 96 valence electrons. The van der Waals surface area contributed by atoms with Crippen molar-refractivity contribution in [2.24, 2.45) is 17.3 Å². The average molecular weight is 235 g/mol. The molecule has 0 heterocycles. The lowest BCUT2D eigenvalue weighted by Gasteiger charge is -2.45. The third-order valence-electron chi connectivity index (χ3n) is 5.27. The molecule has 2 aliphatic carbocycles. The zero-order valence-corrected chi connectivity index (χ0v) is 11.2. The summed E-state index contributed by atoms with van der Waals surface area (Å²) in [5.74, 6) is 1.22. The van der Waals surface area contributed by atoms with E-state index in [-0.39, 0.29) is 0 Å². The van der Waals surface area contributed by atoms with Gasteiger partial charge in [-0.2, -0.15) is 5.26 Å². The first kappa shape index (κ1) is 12.9. The molecule has 0 spiro atoms. The summed E-state index contributed by atoms with van der Waals surface area (Å²) in [4.78, 5) is 0. The largest absolute Gasteiger partial charge is 0.388 e. The van der Waals surface area contributed by atoms with Crippen LogP contribution < -0.4 is 0 Å². The third-order valence-corrected chi connectivity index (χ3v) is 5.27. The SMILES string of the molecule is CCC1CCC(C#N)(C2(O)CCCC(C)C2)C1. The average Bonchev–Trinajstić information content (AvgIpc) is 2.74. The summed E-state index contributed by atoms with van der Waals surface area (Å²) in [5.41, 5.74) is -1.15. The molecule has 0 amide bonds. The summed E-state index contributed by atoms with van der Waals surface area (Å²) < 4.78 is 0. The van der Waals surface area contributed by atoms with Crippen LogP contribution >= 0.6 is 0 Å². The molecule has 0 aromatic rings. The van der Waals surface area contributed by atoms with E-state index < -0.39 is 11.0 Å². The van der Waals surface area contributed by atoms with Crippen molar-refractivity contribution in [2.45, 2.75) is 70.8 Å². The van der Waals surface area contributed by atoms with E-state index >= 15 is 0 Å². The first-order chi connectivity index (χ1) is 8.05. The standard InChI is InChI=1S/C15H25NO/c1-3-13-6-8-14(10-13,11-16)15(17)7-4-5-12(2)9-15/h12-13,17H,3-10H2,1-2H3. The fourth-order valence-electron chi connectivity index (χ4n) is 4.08. The molecule has 4 atom stereocenters. The Morgan fingerprint density at radius 2 is 2.06 bits per heavy atom. The van der Waals surface area contributed by atoms with Gasteiger partial charge in [-0.25, -0.2) is 0 Å². The van der Waals surface area contributed by atoms with Crippen molar-refractivity contribution in [3.63, 3.8) is 0 Å². The minimum Gasteiger partial charge on any atom is -0.388 e. The molecule has 17 heavy (non-hydrogen) atoms. The minimum atomic E-state index is -0.705. The van der Waals surface area contributed by atoms with Gasteiger partial charge in [0.2, 0.25) is 0 Å². The van der Waals surface area contributed by atoms with Crippen molar-refractivity contribution in [2.75, 3.05) is 0 Å². The Bertz CT molecular complexity index is 321. The molecule has 2 rings (SSSR count).